The van der Waals surface area contributed by atoms with Gasteiger partial charge in [-0.05, 0) is 49.2 Å². The van der Waals surface area contributed by atoms with Crippen LogP contribution in [0.15, 0.2) is 41.3 Å². The number of rotatable bonds is 5. The summed E-state index contributed by atoms with van der Waals surface area (Å²) in [4.78, 5) is 21.3. The Labute approximate surface area is 144 Å². The maximum atomic E-state index is 12.5. The molecule has 0 bridgehead atoms. The lowest BCUT2D eigenvalue weighted by atomic mass is 10.1. The highest BCUT2D eigenvalue weighted by Crippen LogP contribution is 2.27. The van der Waals surface area contributed by atoms with Crippen molar-refractivity contribution >= 4 is 27.4 Å². The zero-order chi connectivity index (χ0) is 18.8. The van der Waals surface area contributed by atoms with Crippen molar-refractivity contribution in [2.45, 2.75) is 18.7 Å². The average Bonchev–Trinajstić information content (AvgIpc) is 2.56. The Balaban J connectivity index is 2.49. The summed E-state index contributed by atoms with van der Waals surface area (Å²) >= 11 is 0. The normalized spacial score (nSPS) is 11.0. The zero-order valence-electron chi connectivity index (χ0n) is 13.8. The number of nitro groups is 1. The predicted octanol–water partition coefficient (Wildman–Crippen LogP) is 2.80. The first-order chi connectivity index (χ1) is 11.7. The largest absolute Gasteiger partial charge is 0.465 e. The first kappa shape index (κ1) is 18.4. The van der Waals surface area contributed by atoms with Crippen molar-refractivity contribution in [2.75, 3.05) is 11.8 Å². The second-order valence-electron chi connectivity index (χ2n) is 5.34. The first-order valence-corrected chi connectivity index (χ1v) is 8.61. The van der Waals surface area contributed by atoms with Gasteiger partial charge in [0.25, 0.3) is 15.7 Å². The number of sulfonamides is 1. The average molecular weight is 364 g/mol. The maximum Gasteiger partial charge on any atom is 0.338 e. The fraction of sp³-hybridized carbons (Fsp3) is 0.188. The number of benzene rings is 2. The number of esters is 1. The van der Waals surface area contributed by atoms with E-state index in [-0.39, 0.29) is 11.3 Å². The van der Waals surface area contributed by atoms with Crippen molar-refractivity contribution in [1.29, 1.82) is 0 Å². The molecule has 0 saturated heterocycles. The quantitative estimate of drug-likeness (QED) is 0.495. The van der Waals surface area contributed by atoms with Gasteiger partial charge < -0.3 is 4.74 Å². The number of carbonyl (C=O) groups excluding carboxylic acids is 1. The van der Waals surface area contributed by atoms with Gasteiger partial charge in [-0.2, -0.15) is 0 Å². The molecule has 2 aromatic carbocycles. The van der Waals surface area contributed by atoms with E-state index in [1.165, 1.54) is 0 Å². The van der Waals surface area contributed by atoms with Gasteiger partial charge in [0, 0.05) is 11.8 Å². The minimum atomic E-state index is -4.21. The Morgan fingerprint density at radius 1 is 1.12 bits per heavy atom. The van der Waals surface area contributed by atoms with Crippen LogP contribution in [0.3, 0.4) is 0 Å². The molecule has 132 valence electrons. The molecule has 0 aliphatic rings. The maximum absolute atomic E-state index is 12.5. The summed E-state index contributed by atoms with van der Waals surface area (Å²) in [5.41, 5.74) is 1.32. The van der Waals surface area contributed by atoms with Crippen molar-refractivity contribution in [3.63, 3.8) is 0 Å². The fourth-order valence-corrected chi connectivity index (χ4v) is 3.35. The van der Waals surface area contributed by atoms with E-state index in [0.717, 1.165) is 36.4 Å². The third-order valence-corrected chi connectivity index (χ3v) is 5.05. The standard InChI is InChI=1S/C16H16N2O6S/c1-10-4-6-13(8-11(10)2)17-25(22,23)15-7-5-12(16(19)24-3)9-14(15)18(20)21/h4-9,17H,1-3H3. The van der Waals surface area contributed by atoms with Gasteiger partial charge in [0.05, 0.1) is 17.6 Å². The van der Waals surface area contributed by atoms with E-state index in [1.54, 1.807) is 18.2 Å². The third kappa shape index (κ3) is 3.94. The lowest BCUT2D eigenvalue weighted by molar-refractivity contribution is -0.387. The number of hydrogen-bond donors (Lipinski definition) is 1. The number of methoxy groups -OCH3 is 1. The van der Waals surface area contributed by atoms with Gasteiger partial charge in [-0.3, -0.25) is 14.8 Å². The fourth-order valence-electron chi connectivity index (χ4n) is 2.15. The molecule has 0 aromatic heterocycles. The molecule has 0 heterocycles. The number of ether oxygens (including phenoxy) is 1. The van der Waals surface area contributed by atoms with Crippen molar-refractivity contribution in [2.24, 2.45) is 0 Å². The zero-order valence-corrected chi connectivity index (χ0v) is 14.6. The topological polar surface area (TPSA) is 116 Å². The number of nitrogens with zero attached hydrogens (tertiary/aromatic N) is 1. The van der Waals surface area contributed by atoms with Gasteiger partial charge in [-0.15, -0.1) is 0 Å². The molecule has 25 heavy (non-hydrogen) atoms. The minimum absolute atomic E-state index is 0.112. The molecular formula is C16H16N2O6S. The van der Waals surface area contributed by atoms with Gasteiger partial charge in [0.1, 0.15) is 0 Å². The van der Waals surface area contributed by atoms with Crippen molar-refractivity contribution in [3.05, 3.63) is 63.2 Å². The molecule has 0 fully saturated rings. The van der Waals surface area contributed by atoms with E-state index in [2.05, 4.69) is 9.46 Å². The van der Waals surface area contributed by atoms with Crippen LogP contribution >= 0.6 is 0 Å². The van der Waals surface area contributed by atoms with Crippen LogP contribution in [0.2, 0.25) is 0 Å². The van der Waals surface area contributed by atoms with Crippen molar-refractivity contribution < 1.29 is 22.9 Å². The van der Waals surface area contributed by atoms with Crippen LogP contribution in [-0.2, 0) is 14.8 Å². The smallest absolute Gasteiger partial charge is 0.338 e. The van der Waals surface area contributed by atoms with E-state index in [4.69, 9.17) is 0 Å². The van der Waals surface area contributed by atoms with Crippen LogP contribution in [0.5, 0.6) is 0 Å². The SMILES string of the molecule is COC(=O)c1ccc(S(=O)(=O)Nc2ccc(C)c(C)c2)c([N+](=O)[O-])c1. The van der Waals surface area contributed by atoms with Gasteiger partial charge in [0.2, 0.25) is 0 Å². The molecule has 0 unspecified atom stereocenters. The number of carbonyl (C=O) groups is 1. The van der Waals surface area contributed by atoms with Gasteiger partial charge >= 0.3 is 5.97 Å². The van der Waals surface area contributed by atoms with Crippen LogP contribution in [0.4, 0.5) is 11.4 Å². The molecule has 2 rings (SSSR count). The third-order valence-electron chi connectivity index (χ3n) is 3.63. The second-order valence-corrected chi connectivity index (χ2v) is 6.99. The predicted molar refractivity (Wildman–Crippen MR) is 91.2 cm³/mol. The Morgan fingerprint density at radius 2 is 1.80 bits per heavy atom. The molecule has 1 N–H and O–H groups in total. The van der Waals surface area contributed by atoms with E-state index < -0.39 is 31.5 Å². The highest BCUT2D eigenvalue weighted by molar-refractivity contribution is 7.92. The van der Waals surface area contributed by atoms with E-state index in [1.807, 2.05) is 13.8 Å². The molecule has 9 heteroatoms. The highest BCUT2D eigenvalue weighted by atomic mass is 32.2. The monoisotopic (exact) mass is 364 g/mol. The first-order valence-electron chi connectivity index (χ1n) is 7.12. The molecule has 0 amide bonds. The summed E-state index contributed by atoms with van der Waals surface area (Å²) in [6.07, 6.45) is 0. The summed E-state index contributed by atoms with van der Waals surface area (Å²) in [5.74, 6) is -0.797. The number of nitro benzene ring substituents is 1. The summed E-state index contributed by atoms with van der Waals surface area (Å²) in [5, 5.41) is 11.2. The molecule has 0 aliphatic carbocycles. The van der Waals surface area contributed by atoms with Gasteiger partial charge in [-0.25, -0.2) is 13.2 Å². The van der Waals surface area contributed by atoms with Crippen LogP contribution < -0.4 is 4.72 Å². The number of aryl methyl sites for hydroxylation is 2. The molecule has 2 aromatic rings. The number of nitrogens with one attached hydrogen (secondary N) is 1. The second kappa shape index (κ2) is 6.89. The van der Waals surface area contributed by atoms with E-state index >= 15 is 0 Å². The lowest BCUT2D eigenvalue weighted by Crippen LogP contribution is -2.15. The van der Waals surface area contributed by atoms with Crippen molar-refractivity contribution in [1.82, 2.24) is 0 Å². The molecular weight excluding hydrogens is 348 g/mol. The van der Waals surface area contributed by atoms with Gasteiger partial charge in [0.15, 0.2) is 4.90 Å². The molecule has 8 nitrogen and oxygen atoms in total. The van der Waals surface area contributed by atoms with Crippen LogP contribution in [0, 0.1) is 24.0 Å². The molecule has 0 aliphatic heterocycles. The van der Waals surface area contributed by atoms with Crippen LogP contribution in [0.25, 0.3) is 0 Å². The minimum Gasteiger partial charge on any atom is -0.465 e. The summed E-state index contributed by atoms with van der Waals surface area (Å²) < 4.78 is 31.9. The molecule has 0 atom stereocenters. The Hall–Kier alpha value is -2.94. The Kier molecular flexibility index (Phi) is 5.07. The van der Waals surface area contributed by atoms with Crippen LogP contribution in [0.1, 0.15) is 21.5 Å². The Morgan fingerprint density at radius 3 is 2.36 bits per heavy atom. The summed E-state index contributed by atoms with van der Waals surface area (Å²) in [6.45, 7) is 3.70. The summed E-state index contributed by atoms with van der Waals surface area (Å²) in [6, 6.07) is 7.97. The molecule has 0 saturated carbocycles. The van der Waals surface area contributed by atoms with Crippen LogP contribution in [-0.4, -0.2) is 26.4 Å². The highest BCUT2D eigenvalue weighted by Gasteiger charge is 2.27. The van der Waals surface area contributed by atoms with E-state index in [0.29, 0.717) is 0 Å². The van der Waals surface area contributed by atoms with Gasteiger partial charge in [-0.1, -0.05) is 6.07 Å². The number of anilines is 1. The molecule has 0 radical (unpaired) electrons. The van der Waals surface area contributed by atoms with E-state index in [9.17, 15) is 23.3 Å². The molecule has 0 spiro atoms. The van der Waals surface area contributed by atoms with Crippen molar-refractivity contribution in [3.8, 4) is 0 Å². The summed E-state index contributed by atoms with van der Waals surface area (Å²) in [7, 11) is -3.09. The Bertz CT molecular complexity index is 953. The lowest BCUT2D eigenvalue weighted by Gasteiger charge is -2.10. The number of hydrogen-bond acceptors (Lipinski definition) is 6.